The molecule has 0 aliphatic carbocycles. The molecular formula is C26H27FN4O6. The first kappa shape index (κ1) is 25.8. The summed E-state index contributed by atoms with van der Waals surface area (Å²) in [5, 5.41) is 4.16. The number of piperidine rings is 1. The lowest BCUT2D eigenvalue weighted by molar-refractivity contribution is -0.149. The molecule has 0 saturated carbocycles. The number of ether oxygens (including phenoxy) is 2. The third-order valence-corrected chi connectivity index (χ3v) is 6.24. The van der Waals surface area contributed by atoms with E-state index in [4.69, 9.17) is 9.47 Å². The number of carbonyl (C=O) groups excluding carboxylic acids is 2. The molecule has 1 aliphatic rings. The molecule has 1 fully saturated rings. The molecule has 1 aromatic heterocycles. The summed E-state index contributed by atoms with van der Waals surface area (Å²) in [6, 6.07) is 11.8. The van der Waals surface area contributed by atoms with E-state index in [1.54, 1.807) is 31.2 Å². The Kier molecular flexibility index (Phi) is 7.80. The van der Waals surface area contributed by atoms with Gasteiger partial charge in [-0.15, -0.1) is 0 Å². The highest BCUT2D eigenvalue weighted by molar-refractivity contribution is 5.92. The van der Waals surface area contributed by atoms with E-state index in [0.717, 1.165) is 9.25 Å². The number of likely N-dealkylation sites (tertiary alicyclic amines) is 1. The second kappa shape index (κ2) is 11.2. The van der Waals surface area contributed by atoms with Crippen LogP contribution in [0.4, 0.5) is 4.39 Å². The van der Waals surface area contributed by atoms with Crippen LogP contribution < -0.4 is 16.0 Å². The Bertz CT molecular complexity index is 1390. The van der Waals surface area contributed by atoms with Crippen molar-refractivity contribution in [1.82, 2.24) is 19.2 Å². The molecule has 0 atom stereocenters. The van der Waals surface area contributed by atoms with Crippen molar-refractivity contribution in [2.24, 2.45) is 5.92 Å². The zero-order valence-corrected chi connectivity index (χ0v) is 20.6. The predicted octanol–water partition coefficient (Wildman–Crippen LogP) is 2.01. The Balaban J connectivity index is 1.72. The van der Waals surface area contributed by atoms with Crippen molar-refractivity contribution < 1.29 is 23.5 Å². The summed E-state index contributed by atoms with van der Waals surface area (Å²) in [6.45, 7) is 2.31. The predicted molar refractivity (Wildman–Crippen MR) is 131 cm³/mol. The molecule has 2 aromatic carbocycles. The molecule has 2 heterocycles. The lowest BCUT2D eigenvalue weighted by Crippen LogP contribution is -2.48. The zero-order chi connectivity index (χ0) is 26.5. The number of halogens is 1. The van der Waals surface area contributed by atoms with E-state index in [1.807, 2.05) is 0 Å². The Morgan fingerprint density at radius 3 is 2.27 bits per heavy atom. The van der Waals surface area contributed by atoms with Gasteiger partial charge in [0, 0.05) is 13.1 Å². The maximum absolute atomic E-state index is 13.4. The molecule has 194 valence electrons. The highest BCUT2D eigenvalue weighted by Crippen LogP contribution is 2.20. The van der Waals surface area contributed by atoms with Crippen LogP contribution in [-0.4, -0.2) is 57.9 Å². The van der Waals surface area contributed by atoms with Crippen LogP contribution in [0.25, 0.3) is 5.69 Å². The van der Waals surface area contributed by atoms with Crippen LogP contribution in [0.1, 0.15) is 35.8 Å². The van der Waals surface area contributed by atoms with E-state index in [0.29, 0.717) is 29.8 Å². The Morgan fingerprint density at radius 1 is 1.03 bits per heavy atom. The van der Waals surface area contributed by atoms with E-state index in [9.17, 15) is 23.6 Å². The average molecular weight is 511 g/mol. The third-order valence-electron chi connectivity index (χ3n) is 6.24. The van der Waals surface area contributed by atoms with Gasteiger partial charge in [0.25, 0.3) is 11.5 Å². The van der Waals surface area contributed by atoms with E-state index in [1.165, 1.54) is 36.3 Å². The largest absolute Gasteiger partial charge is 0.497 e. The van der Waals surface area contributed by atoms with Gasteiger partial charge >= 0.3 is 11.7 Å². The first-order valence-electron chi connectivity index (χ1n) is 11.9. The summed E-state index contributed by atoms with van der Waals surface area (Å²) in [7, 11) is 1.50. The van der Waals surface area contributed by atoms with Crippen LogP contribution in [0.15, 0.2) is 58.1 Å². The van der Waals surface area contributed by atoms with Crippen molar-refractivity contribution in [1.29, 1.82) is 0 Å². The van der Waals surface area contributed by atoms with Crippen LogP contribution in [-0.2, 0) is 16.1 Å². The number of rotatable bonds is 7. The molecule has 4 rings (SSSR count). The first-order valence-corrected chi connectivity index (χ1v) is 11.9. The summed E-state index contributed by atoms with van der Waals surface area (Å²) >= 11 is 0. The van der Waals surface area contributed by atoms with Gasteiger partial charge in [-0.25, -0.2) is 9.18 Å². The number of hydrogen-bond donors (Lipinski definition) is 0. The molecule has 0 spiro atoms. The molecule has 10 nitrogen and oxygen atoms in total. The van der Waals surface area contributed by atoms with Crippen molar-refractivity contribution in [3.63, 3.8) is 0 Å². The van der Waals surface area contributed by atoms with Crippen molar-refractivity contribution >= 4 is 11.9 Å². The normalized spacial score (nSPS) is 13.9. The molecule has 0 unspecified atom stereocenters. The lowest BCUT2D eigenvalue weighted by Gasteiger charge is -2.30. The second-order valence-electron chi connectivity index (χ2n) is 8.58. The SMILES string of the molecule is CCOC(=O)C1CCN(C(=O)c2nn(-c3ccc(OC)cc3)c(=O)n(Cc3ccc(F)cc3)c2=O)CC1. The van der Waals surface area contributed by atoms with Crippen LogP contribution in [0.5, 0.6) is 5.75 Å². The first-order chi connectivity index (χ1) is 17.8. The van der Waals surface area contributed by atoms with Crippen LogP contribution in [0.2, 0.25) is 0 Å². The lowest BCUT2D eigenvalue weighted by atomic mass is 9.97. The number of nitrogens with zero attached hydrogens (tertiary/aromatic N) is 4. The Labute approximate surface area is 211 Å². The minimum Gasteiger partial charge on any atom is -0.497 e. The molecule has 1 saturated heterocycles. The van der Waals surface area contributed by atoms with E-state index in [-0.39, 0.29) is 38.1 Å². The minimum atomic E-state index is -0.850. The smallest absolute Gasteiger partial charge is 0.352 e. The highest BCUT2D eigenvalue weighted by Gasteiger charge is 2.31. The van der Waals surface area contributed by atoms with Gasteiger partial charge in [0.05, 0.1) is 31.9 Å². The van der Waals surface area contributed by atoms with Gasteiger partial charge < -0.3 is 14.4 Å². The molecule has 1 aliphatic heterocycles. The minimum absolute atomic E-state index is 0.179. The number of carbonyl (C=O) groups is 2. The third kappa shape index (κ3) is 5.60. The van der Waals surface area contributed by atoms with Gasteiger partial charge in [-0.05, 0) is 61.7 Å². The van der Waals surface area contributed by atoms with Crippen molar-refractivity contribution in [3.8, 4) is 11.4 Å². The summed E-state index contributed by atoms with van der Waals surface area (Å²) in [5.41, 5.74) is -1.20. The van der Waals surface area contributed by atoms with Gasteiger partial charge in [0.1, 0.15) is 11.6 Å². The summed E-state index contributed by atoms with van der Waals surface area (Å²) in [6.07, 6.45) is 0.791. The number of benzene rings is 2. The average Bonchev–Trinajstić information content (AvgIpc) is 2.92. The Morgan fingerprint density at radius 2 is 1.68 bits per heavy atom. The molecule has 37 heavy (non-hydrogen) atoms. The van der Waals surface area contributed by atoms with Crippen molar-refractivity contribution in [2.45, 2.75) is 26.3 Å². The number of hydrogen-bond acceptors (Lipinski definition) is 7. The van der Waals surface area contributed by atoms with E-state index >= 15 is 0 Å². The van der Waals surface area contributed by atoms with E-state index in [2.05, 4.69) is 5.10 Å². The standard InChI is InChI=1S/C26H27FN4O6/c1-3-37-25(34)18-12-14-29(15-13-18)23(32)22-24(33)30(16-17-4-6-19(27)7-5-17)26(35)31(28-22)20-8-10-21(36-2)11-9-20/h4-11,18H,3,12-16H2,1-2H3. The second-order valence-corrected chi connectivity index (χ2v) is 8.58. The molecule has 0 bridgehead atoms. The quantitative estimate of drug-likeness (QED) is 0.447. The fourth-order valence-electron chi connectivity index (χ4n) is 4.18. The highest BCUT2D eigenvalue weighted by atomic mass is 19.1. The molecule has 11 heteroatoms. The van der Waals surface area contributed by atoms with Crippen molar-refractivity contribution in [3.05, 3.63) is 86.4 Å². The molecule has 0 N–H and O–H groups in total. The van der Waals surface area contributed by atoms with Gasteiger partial charge in [-0.3, -0.25) is 19.0 Å². The van der Waals surface area contributed by atoms with Crippen LogP contribution in [0, 0.1) is 11.7 Å². The zero-order valence-electron chi connectivity index (χ0n) is 20.6. The fraction of sp³-hybridized carbons (Fsp3) is 0.346. The van der Waals surface area contributed by atoms with Crippen LogP contribution in [0.3, 0.4) is 0 Å². The van der Waals surface area contributed by atoms with Crippen molar-refractivity contribution in [2.75, 3.05) is 26.8 Å². The number of aromatic nitrogens is 3. The molecule has 1 amide bonds. The molecular weight excluding hydrogens is 483 g/mol. The summed E-state index contributed by atoms with van der Waals surface area (Å²) in [5.74, 6) is -1.16. The summed E-state index contributed by atoms with van der Waals surface area (Å²) < 4.78 is 25.5. The maximum Gasteiger partial charge on any atom is 0.352 e. The van der Waals surface area contributed by atoms with E-state index < -0.39 is 28.7 Å². The monoisotopic (exact) mass is 510 g/mol. The van der Waals surface area contributed by atoms with Gasteiger partial charge in [0.2, 0.25) is 5.69 Å². The number of methoxy groups -OCH3 is 1. The van der Waals surface area contributed by atoms with Crippen LogP contribution >= 0.6 is 0 Å². The molecule has 3 aromatic rings. The maximum atomic E-state index is 13.4. The molecule has 0 radical (unpaired) electrons. The van der Waals surface area contributed by atoms with Gasteiger partial charge in [-0.1, -0.05) is 12.1 Å². The topological polar surface area (TPSA) is 113 Å². The number of esters is 1. The number of amides is 1. The van der Waals surface area contributed by atoms with Gasteiger partial charge in [-0.2, -0.15) is 9.78 Å². The fourth-order valence-corrected chi connectivity index (χ4v) is 4.18. The summed E-state index contributed by atoms with van der Waals surface area (Å²) in [4.78, 5) is 53.6. The Hall–Kier alpha value is -4.28. The van der Waals surface area contributed by atoms with Gasteiger partial charge in [0.15, 0.2) is 0 Å².